The minimum Gasteiger partial charge on any atom is -0.461 e. The van der Waals surface area contributed by atoms with Crippen LogP contribution in [0.25, 0.3) is 0 Å². The van der Waals surface area contributed by atoms with Crippen LogP contribution < -0.4 is 0 Å². The molecule has 20 heavy (non-hydrogen) atoms. The molecule has 0 amide bonds. The number of hydrogen-bond donors (Lipinski definition) is 0. The smallest absolute Gasteiger partial charge is 0.402 e. The Hall–Kier alpha value is -1.04. The van der Waals surface area contributed by atoms with Gasteiger partial charge in [0.15, 0.2) is 0 Å². The van der Waals surface area contributed by atoms with Crippen molar-refractivity contribution in [3.05, 3.63) is 0 Å². The van der Waals surface area contributed by atoms with E-state index in [4.69, 9.17) is 4.74 Å². The van der Waals surface area contributed by atoms with Gasteiger partial charge in [0, 0.05) is 6.61 Å². The predicted octanol–water partition coefficient (Wildman–Crippen LogP) is 2.74. The first-order valence-electron chi connectivity index (χ1n) is 7.04. The summed E-state index contributed by atoms with van der Waals surface area (Å²) in [5.41, 5.74) is -1.57. The number of Topliss-reactive ketones (excluding diaryl/α,β-unsaturated/α-hetero) is 1. The molecular formula is C14H22F2O4. The number of rotatable bonds is 6. The molecule has 0 N–H and O–H groups in total. The average Bonchev–Trinajstić information content (AvgIpc) is 2.38. The van der Waals surface area contributed by atoms with Crippen molar-refractivity contribution in [2.24, 2.45) is 5.92 Å². The zero-order valence-electron chi connectivity index (χ0n) is 12.2. The molecule has 0 aliphatic heterocycles. The quantitative estimate of drug-likeness (QED) is 0.558. The second kappa shape index (κ2) is 6.61. The number of alkyl halides is 2. The van der Waals surface area contributed by atoms with E-state index in [1.165, 1.54) is 6.92 Å². The minimum atomic E-state index is -4.15. The molecule has 0 radical (unpaired) electrons. The number of carbonyl (C=O) groups excluding carboxylic acids is 2. The van der Waals surface area contributed by atoms with Crippen LogP contribution in [0.1, 0.15) is 46.5 Å². The molecule has 2 atom stereocenters. The van der Waals surface area contributed by atoms with E-state index in [0.717, 1.165) is 6.42 Å². The fourth-order valence-electron chi connectivity index (χ4n) is 2.78. The molecule has 1 aliphatic rings. The van der Waals surface area contributed by atoms with Gasteiger partial charge in [0.05, 0.1) is 6.61 Å². The van der Waals surface area contributed by atoms with E-state index in [2.05, 4.69) is 4.74 Å². The summed E-state index contributed by atoms with van der Waals surface area (Å²) in [6.45, 7) is 4.91. The number of ketones is 1. The van der Waals surface area contributed by atoms with Crippen molar-refractivity contribution in [3.63, 3.8) is 0 Å². The van der Waals surface area contributed by atoms with Gasteiger partial charge in [-0.1, -0.05) is 13.3 Å². The lowest BCUT2D eigenvalue weighted by molar-refractivity contribution is -0.191. The number of ether oxygens (including phenoxy) is 2. The van der Waals surface area contributed by atoms with Crippen molar-refractivity contribution in [1.82, 2.24) is 0 Å². The zero-order valence-corrected chi connectivity index (χ0v) is 12.2. The summed E-state index contributed by atoms with van der Waals surface area (Å²) in [6, 6.07) is 0. The van der Waals surface area contributed by atoms with Gasteiger partial charge in [-0.05, 0) is 39.0 Å². The van der Waals surface area contributed by atoms with E-state index in [1.807, 2.05) is 6.92 Å². The van der Waals surface area contributed by atoms with Crippen molar-refractivity contribution < 1.29 is 27.8 Å². The van der Waals surface area contributed by atoms with Crippen molar-refractivity contribution in [3.8, 4) is 0 Å². The maximum absolute atomic E-state index is 14.0. The summed E-state index contributed by atoms with van der Waals surface area (Å²) < 4.78 is 37.6. The lowest BCUT2D eigenvalue weighted by Gasteiger charge is -2.39. The number of hydrogen-bond acceptors (Lipinski definition) is 4. The van der Waals surface area contributed by atoms with Crippen LogP contribution in [0.5, 0.6) is 0 Å². The highest BCUT2D eigenvalue weighted by Crippen LogP contribution is 2.40. The third-order valence-corrected chi connectivity index (χ3v) is 3.61. The Morgan fingerprint density at radius 2 is 1.95 bits per heavy atom. The summed E-state index contributed by atoms with van der Waals surface area (Å²) in [7, 11) is 0. The monoisotopic (exact) mass is 292 g/mol. The number of carbonyl (C=O) groups is 2. The standard InChI is InChI=1S/C14H22F2O4/c1-4-19-12(18)14(15,16)11(17)13(20-5-2)8-6-7-10(3)9-13/h10H,4-9H2,1-3H3. The Kier molecular flexibility index (Phi) is 5.62. The van der Waals surface area contributed by atoms with Crippen LogP contribution in [0.2, 0.25) is 0 Å². The summed E-state index contributed by atoms with van der Waals surface area (Å²) in [4.78, 5) is 23.5. The molecule has 0 aromatic carbocycles. The van der Waals surface area contributed by atoms with Crippen LogP contribution in [-0.2, 0) is 19.1 Å². The maximum atomic E-state index is 14.0. The van der Waals surface area contributed by atoms with E-state index in [1.54, 1.807) is 6.92 Å². The Bertz CT molecular complexity index is 366. The van der Waals surface area contributed by atoms with Gasteiger partial charge < -0.3 is 9.47 Å². The molecule has 0 saturated heterocycles. The molecule has 1 saturated carbocycles. The Morgan fingerprint density at radius 3 is 2.45 bits per heavy atom. The van der Waals surface area contributed by atoms with E-state index in [-0.39, 0.29) is 32.0 Å². The molecule has 116 valence electrons. The molecule has 0 spiro atoms. The highest BCUT2D eigenvalue weighted by Gasteiger charge is 2.59. The van der Waals surface area contributed by atoms with E-state index < -0.39 is 23.3 Å². The molecule has 0 bridgehead atoms. The summed E-state index contributed by atoms with van der Waals surface area (Å²) in [5.74, 6) is -7.29. The zero-order chi connectivity index (χ0) is 15.4. The first-order valence-corrected chi connectivity index (χ1v) is 7.04. The summed E-state index contributed by atoms with van der Waals surface area (Å²) in [6.07, 6.45) is 1.94. The SMILES string of the molecule is CCOC(=O)C(F)(F)C(=O)C1(OCC)CCCC(C)C1. The van der Waals surface area contributed by atoms with Crippen LogP contribution >= 0.6 is 0 Å². The molecule has 1 aliphatic carbocycles. The van der Waals surface area contributed by atoms with Gasteiger partial charge in [-0.3, -0.25) is 4.79 Å². The summed E-state index contributed by atoms with van der Waals surface area (Å²) in [5, 5.41) is 0. The third kappa shape index (κ3) is 3.34. The molecule has 1 rings (SSSR count). The van der Waals surface area contributed by atoms with Crippen LogP contribution in [0, 0.1) is 5.92 Å². The Labute approximate surface area is 117 Å². The number of esters is 1. The van der Waals surface area contributed by atoms with Crippen molar-refractivity contribution in [1.29, 1.82) is 0 Å². The molecule has 4 nitrogen and oxygen atoms in total. The molecule has 6 heteroatoms. The van der Waals surface area contributed by atoms with E-state index >= 15 is 0 Å². The van der Waals surface area contributed by atoms with Gasteiger partial charge in [0.1, 0.15) is 5.60 Å². The normalized spacial score (nSPS) is 27.1. The first kappa shape index (κ1) is 17.0. The van der Waals surface area contributed by atoms with Gasteiger partial charge in [-0.15, -0.1) is 0 Å². The van der Waals surface area contributed by atoms with Gasteiger partial charge in [0.25, 0.3) is 0 Å². The maximum Gasteiger partial charge on any atom is 0.402 e. The van der Waals surface area contributed by atoms with Crippen LogP contribution in [-0.4, -0.2) is 36.5 Å². The Balaban J connectivity index is 3.01. The van der Waals surface area contributed by atoms with Crippen LogP contribution in [0.3, 0.4) is 0 Å². The number of halogens is 2. The molecule has 0 heterocycles. The molecule has 0 aromatic heterocycles. The van der Waals surface area contributed by atoms with E-state index in [9.17, 15) is 18.4 Å². The van der Waals surface area contributed by atoms with Gasteiger partial charge in [0.2, 0.25) is 5.78 Å². The fraction of sp³-hybridized carbons (Fsp3) is 0.857. The third-order valence-electron chi connectivity index (χ3n) is 3.61. The van der Waals surface area contributed by atoms with Crippen LogP contribution in [0.15, 0.2) is 0 Å². The second-order valence-corrected chi connectivity index (χ2v) is 5.25. The first-order chi connectivity index (χ1) is 9.30. The van der Waals surface area contributed by atoms with Gasteiger partial charge >= 0.3 is 11.9 Å². The van der Waals surface area contributed by atoms with E-state index in [0.29, 0.717) is 6.42 Å². The van der Waals surface area contributed by atoms with Crippen LogP contribution in [0.4, 0.5) is 8.78 Å². The fourth-order valence-corrected chi connectivity index (χ4v) is 2.78. The topological polar surface area (TPSA) is 52.6 Å². The van der Waals surface area contributed by atoms with Crippen molar-refractivity contribution in [2.75, 3.05) is 13.2 Å². The second-order valence-electron chi connectivity index (χ2n) is 5.25. The lowest BCUT2D eigenvalue weighted by atomic mass is 9.75. The van der Waals surface area contributed by atoms with Crippen molar-refractivity contribution in [2.45, 2.75) is 58.0 Å². The minimum absolute atomic E-state index is 0.109. The molecule has 1 fully saturated rings. The average molecular weight is 292 g/mol. The van der Waals surface area contributed by atoms with Crippen molar-refractivity contribution >= 4 is 11.8 Å². The highest BCUT2D eigenvalue weighted by atomic mass is 19.3. The molecule has 0 aromatic rings. The van der Waals surface area contributed by atoms with Gasteiger partial charge in [-0.2, -0.15) is 8.78 Å². The Morgan fingerprint density at radius 1 is 1.30 bits per heavy atom. The largest absolute Gasteiger partial charge is 0.461 e. The predicted molar refractivity (Wildman–Crippen MR) is 68.6 cm³/mol. The summed E-state index contributed by atoms with van der Waals surface area (Å²) >= 11 is 0. The lowest BCUT2D eigenvalue weighted by Crippen LogP contribution is -2.56. The highest BCUT2D eigenvalue weighted by molar-refractivity contribution is 6.09. The molecular weight excluding hydrogens is 270 g/mol. The molecule has 2 unspecified atom stereocenters. The van der Waals surface area contributed by atoms with Gasteiger partial charge in [-0.25, -0.2) is 4.79 Å².